The molecular formula is C11H21NO2. The van der Waals surface area contributed by atoms with Gasteiger partial charge in [0.1, 0.15) is 0 Å². The molecule has 0 saturated heterocycles. The summed E-state index contributed by atoms with van der Waals surface area (Å²) in [5.74, 6) is 1.29. The molecule has 3 nitrogen and oxygen atoms in total. The van der Waals surface area contributed by atoms with Crippen molar-refractivity contribution in [3.8, 4) is 0 Å². The van der Waals surface area contributed by atoms with E-state index in [1.165, 1.54) is 12.8 Å². The molecule has 0 amide bonds. The third kappa shape index (κ3) is 1.30. The average molecular weight is 199 g/mol. The molecular weight excluding hydrogens is 178 g/mol. The van der Waals surface area contributed by atoms with E-state index in [1.54, 1.807) is 0 Å². The lowest BCUT2D eigenvalue weighted by Crippen LogP contribution is -2.52. The van der Waals surface area contributed by atoms with Crippen LogP contribution in [0, 0.1) is 17.8 Å². The average Bonchev–Trinajstić information content (AvgIpc) is 2.64. The minimum atomic E-state index is -0.169. The molecule has 2 aliphatic rings. The Morgan fingerprint density at radius 3 is 2.29 bits per heavy atom. The lowest BCUT2D eigenvalue weighted by Gasteiger charge is -2.36. The maximum Gasteiger partial charge on any atom is 0.0477 e. The first-order chi connectivity index (χ1) is 6.73. The summed E-state index contributed by atoms with van der Waals surface area (Å²) >= 11 is 0. The van der Waals surface area contributed by atoms with Crippen LogP contribution < -0.4 is 5.73 Å². The van der Waals surface area contributed by atoms with E-state index in [2.05, 4.69) is 0 Å². The summed E-state index contributed by atoms with van der Waals surface area (Å²) in [6.45, 7) is 0.448. The van der Waals surface area contributed by atoms with Crippen molar-refractivity contribution < 1.29 is 10.2 Å². The molecule has 0 aromatic rings. The number of fused-ring (bicyclic) bond motifs is 1. The van der Waals surface area contributed by atoms with Crippen molar-refractivity contribution in [1.82, 2.24) is 0 Å². The molecule has 0 bridgehead atoms. The summed E-state index contributed by atoms with van der Waals surface area (Å²) in [6, 6.07) is 0. The number of aliphatic hydroxyl groups is 2. The molecule has 2 fully saturated rings. The van der Waals surface area contributed by atoms with Crippen LogP contribution in [0.1, 0.15) is 32.1 Å². The summed E-state index contributed by atoms with van der Waals surface area (Å²) in [6.07, 6.45) is 5.38. The van der Waals surface area contributed by atoms with Gasteiger partial charge in [0.15, 0.2) is 0 Å². The quantitative estimate of drug-likeness (QED) is 0.620. The number of rotatable bonds is 3. The summed E-state index contributed by atoms with van der Waals surface area (Å²) in [5.41, 5.74) is 6.31. The first-order valence-corrected chi connectivity index (χ1v) is 5.74. The first-order valence-electron chi connectivity index (χ1n) is 5.74. The minimum Gasteiger partial charge on any atom is -0.396 e. The van der Waals surface area contributed by atoms with Gasteiger partial charge in [-0.15, -0.1) is 0 Å². The second-order valence-corrected chi connectivity index (χ2v) is 4.94. The molecule has 2 aliphatic carbocycles. The van der Waals surface area contributed by atoms with Gasteiger partial charge in [-0.2, -0.15) is 0 Å². The molecule has 2 saturated carbocycles. The number of hydrogen-bond donors (Lipinski definition) is 3. The Balaban J connectivity index is 2.15. The van der Waals surface area contributed by atoms with Crippen molar-refractivity contribution >= 4 is 0 Å². The summed E-state index contributed by atoms with van der Waals surface area (Å²) in [5, 5.41) is 18.3. The molecule has 0 radical (unpaired) electrons. The van der Waals surface area contributed by atoms with Crippen LogP contribution in [-0.2, 0) is 0 Å². The van der Waals surface area contributed by atoms with Crippen LogP contribution in [0.5, 0.6) is 0 Å². The molecule has 3 heteroatoms. The van der Waals surface area contributed by atoms with Gasteiger partial charge in [-0.3, -0.25) is 0 Å². The van der Waals surface area contributed by atoms with Gasteiger partial charge >= 0.3 is 0 Å². The minimum absolute atomic E-state index is 0.169. The van der Waals surface area contributed by atoms with Crippen LogP contribution in [0.15, 0.2) is 0 Å². The summed E-state index contributed by atoms with van der Waals surface area (Å²) < 4.78 is 0. The predicted octanol–water partition coefficient (Wildman–Crippen LogP) is 0.495. The Kier molecular flexibility index (Phi) is 2.82. The molecule has 4 atom stereocenters. The van der Waals surface area contributed by atoms with E-state index in [1.807, 2.05) is 0 Å². The van der Waals surface area contributed by atoms with Gasteiger partial charge < -0.3 is 15.9 Å². The van der Waals surface area contributed by atoms with Crippen LogP contribution in [0.2, 0.25) is 0 Å². The molecule has 4 N–H and O–H groups in total. The first kappa shape index (κ1) is 10.4. The normalized spacial score (nSPS) is 46.9. The molecule has 0 aromatic carbocycles. The van der Waals surface area contributed by atoms with E-state index in [0.717, 1.165) is 19.3 Å². The van der Waals surface area contributed by atoms with Gasteiger partial charge in [0.2, 0.25) is 0 Å². The van der Waals surface area contributed by atoms with Gasteiger partial charge in [0.05, 0.1) is 0 Å². The van der Waals surface area contributed by atoms with E-state index in [9.17, 15) is 5.11 Å². The van der Waals surface area contributed by atoms with Gasteiger partial charge in [-0.05, 0) is 43.9 Å². The van der Waals surface area contributed by atoms with E-state index in [-0.39, 0.29) is 24.7 Å². The number of nitrogens with two attached hydrogens (primary N) is 1. The second-order valence-electron chi connectivity index (χ2n) is 4.94. The van der Waals surface area contributed by atoms with Crippen molar-refractivity contribution in [2.24, 2.45) is 23.5 Å². The van der Waals surface area contributed by atoms with Crippen molar-refractivity contribution in [1.29, 1.82) is 0 Å². The van der Waals surface area contributed by atoms with Crippen LogP contribution in [-0.4, -0.2) is 29.0 Å². The van der Waals surface area contributed by atoms with E-state index < -0.39 is 0 Å². The lowest BCUT2D eigenvalue weighted by atomic mass is 9.76. The van der Waals surface area contributed by atoms with Crippen LogP contribution in [0.4, 0.5) is 0 Å². The largest absolute Gasteiger partial charge is 0.396 e. The maximum atomic E-state index is 9.32. The Labute approximate surface area is 85.3 Å². The van der Waals surface area contributed by atoms with Gasteiger partial charge in [0, 0.05) is 24.7 Å². The molecule has 0 aliphatic heterocycles. The molecule has 82 valence electrons. The zero-order valence-corrected chi connectivity index (χ0v) is 8.65. The fraction of sp³-hybridized carbons (Fsp3) is 1.00. The number of aliphatic hydroxyl groups excluding tert-OH is 2. The fourth-order valence-corrected chi connectivity index (χ4v) is 3.75. The second kappa shape index (κ2) is 3.80. The van der Waals surface area contributed by atoms with E-state index >= 15 is 0 Å². The zero-order chi connectivity index (χ0) is 10.2. The Morgan fingerprint density at radius 2 is 1.71 bits per heavy atom. The maximum absolute atomic E-state index is 9.32. The van der Waals surface area contributed by atoms with Crippen molar-refractivity contribution in [2.45, 2.75) is 37.6 Å². The van der Waals surface area contributed by atoms with Gasteiger partial charge in [-0.1, -0.05) is 0 Å². The van der Waals surface area contributed by atoms with Gasteiger partial charge in [-0.25, -0.2) is 0 Å². The molecule has 0 spiro atoms. The molecule has 0 heterocycles. The molecule has 0 unspecified atom stereocenters. The van der Waals surface area contributed by atoms with Crippen molar-refractivity contribution in [3.63, 3.8) is 0 Å². The summed E-state index contributed by atoms with van der Waals surface area (Å²) in [7, 11) is 0. The highest BCUT2D eigenvalue weighted by atomic mass is 16.3. The molecule has 0 aromatic heterocycles. The third-order valence-electron chi connectivity index (χ3n) is 4.55. The highest BCUT2D eigenvalue weighted by Gasteiger charge is 2.54. The van der Waals surface area contributed by atoms with Gasteiger partial charge in [0.25, 0.3) is 0 Å². The topological polar surface area (TPSA) is 66.5 Å². The Bertz CT molecular complexity index is 207. The highest BCUT2D eigenvalue weighted by Crippen LogP contribution is 2.53. The van der Waals surface area contributed by atoms with E-state index in [0.29, 0.717) is 11.8 Å². The highest BCUT2D eigenvalue weighted by molar-refractivity contribution is 5.10. The monoisotopic (exact) mass is 199 g/mol. The SMILES string of the molecule is N[C@]12[C@H](CC[C@H]1CCO)CC[C@H]2CO. The van der Waals surface area contributed by atoms with Crippen molar-refractivity contribution in [3.05, 3.63) is 0 Å². The zero-order valence-electron chi connectivity index (χ0n) is 8.65. The third-order valence-corrected chi connectivity index (χ3v) is 4.55. The standard InChI is InChI=1S/C11H21NO2/c12-11-8(3-4-10(11)7-14)1-2-9(11)5-6-13/h8-10,13-14H,1-7,12H2/t8-,9+,10+,11-/m1/s1. The van der Waals surface area contributed by atoms with Crippen LogP contribution >= 0.6 is 0 Å². The number of hydrogen-bond acceptors (Lipinski definition) is 3. The van der Waals surface area contributed by atoms with Crippen LogP contribution in [0.3, 0.4) is 0 Å². The lowest BCUT2D eigenvalue weighted by molar-refractivity contribution is 0.115. The van der Waals surface area contributed by atoms with Crippen molar-refractivity contribution in [2.75, 3.05) is 13.2 Å². The molecule has 2 rings (SSSR count). The predicted molar refractivity (Wildman–Crippen MR) is 54.6 cm³/mol. The Morgan fingerprint density at radius 1 is 1.07 bits per heavy atom. The molecule has 14 heavy (non-hydrogen) atoms. The van der Waals surface area contributed by atoms with E-state index in [4.69, 9.17) is 10.8 Å². The summed E-state index contributed by atoms with van der Waals surface area (Å²) in [4.78, 5) is 0. The fourth-order valence-electron chi connectivity index (χ4n) is 3.75. The smallest absolute Gasteiger partial charge is 0.0477 e. The Hall–Kier alpha value is -0.120. The van der Waals surface area contributed by atoms with Crippen LogP contribution in [0.25, 0.3) is 0 Å².